The molecule has 0 bridgehead atoms. The highest BCUT2D eigenvalue weighted by atomic mass is 16.6. The average molecular weight is 528 g/mol. The summed E-state index contributed by atoms with van der Waals surface area (Å²) in [5, 5.41) is 7.73. The summed E-state index contributed by atoms with van der Waals surface area (Å²) in [7, 11) is 0. The van der Waals surface area contributed by atoms with Gasteiger partial charge in [-0.1, -0.05) is 62.2 Å². The second-order valence-electron chi connectivity index (χ2n) is 10.7. The maximum atomic E-state index is 13.9. The van der Waals surface area contributed by atoms with Gasteiger partial charge in [0.1, 0.15) is 17.7 Å². The fourth-order valence-corrected chi connectivity index (χ4v) is 4.30. The van der Waals surface area contributed by atoms with Crippen molar-refractivity contribution >= 4 is 34.4 Å². The van der Waals surface area contributed by atoms with Crippen molar-refractivity contribution in [3.63, 3.8) is 0 Å². The highest BCUT2D eigenvalue weighted by Crippen LogP contribution is 2.27. The predicted octanol–water partition coefficient (Wildman–Crippen LogP) is 5.90. The third kappa shape index (κ3) is 7.61. The van der Waals surface area contributed by atoms with Crippen molar-refractivity contribution in [1.82, 2.24) is 10.2 Å². The number of nitrogens with one attached hydrogen (secondary N) is 2. The Balaban J connectivity index is 1.97. The zero-order valence-electron chi connectivity index (χ0n) is 23.4. The van der Waals surface area contributed by atoms with Gasteiger partial charge in [0.25, 0.3) is 5.91 Å². The van der Waals surface area contributed by atoms with Crippen molar-refractivity contribution in [1.29, 1.82) is 0 Å². The molecule has 0 aliphatic rings. The van der Waals surface area contributed by atoms with E-state index in [0.29, 0.717) is 16.8 Å². The predicted molar refractivity (Wildman–Crippen MR) is 155 cm³/mol. The van der Waals surface area contributed by atoms with Gasteiger partial charge in [-0.05, 0) is 74.2 Å². The van der Waals surface area contributed by atoms with Crippen LogP contribution in [0.15, 0.2) is 66.7 Å². The number of amides is 3. The lowest BCUT2D eigenvalue weighted by atomic mass is 9.98. The van der Waals surface area contributed by atoms with Crippen LogP contribution in [-0.4, -0.2) is 41.0 Å². The molecule has 0 saturated heterocycles. The lowest BCUT2D eigenvalue weighted by Gasteiger charge is -2.35. The van der Waals surface area contributed by atoms with Crippen LogP contribution in [0.3, 0.4) is 0 Å². The Labute approximate surface area is 230 Å². The molecule has 0 spiro atoms. The molecule has 7 heteroatoms. The maximum Gasteiger partial charge on any atom is 0.408 e. The second kappa shape index (κ2) is 12.5. The Kier molecular flexibility index (Phi) is 9.37. The minimum absolute atomic E-state index is 0.227. The van der Waals surface area contributed by atoms with Crippen molar-refractivity contribution < 1.29 is 19.1 Å². The van der Waals surface area contributed by atoms with E-state index in [2.05, 4.69) is 16.6 Å². The van der Waals surface area contributed by atoms with Gasteiger partial charge in [0.2, 0.25) is 5.91 Å². The Morgan fingerprint density at radius 3 is 2.18 bits per heavy atom. The van der Waals surface area contributed by atoms with Crippen molar-refractivity contribution in [3.05, 3.63) is 77.9 Å². The summed E-state index contributed by atoms with van der Waals surface area (Å²) in [5.74, 6) is 1.55. The van der Waals surface area contributed by atoms with Crippen LogP contribution in [0.5, 0.6) is 0 Å². The Morgan fingerprint density at radius 2 is 1.62 bits per heavy atom. The van der Waals surface area contributed by atoms with Crippen LogP contribution >= 0.6 is 0 Å². The molecule has 0 aliphatic heterocycles. The fraction of sp³-hybridized carbons (Fsp3) is 0.344. The van der Waals surface area contributed by atoms with E-state index in [4.69, 9.17) is 11.2 Å². The zero-order valence-corrected chi connectivity index (χ0v) is 23.4. The second-order valence-corrected chi connectivity index (χ2v) is 10.7. The molecule has 0 aromatic heterocycles. The number of fused-ring (bicyclic) bond motifs is 1. The summed E-state index contributed by atoms with van der Waals surface area (Å²) < 4.78 is 5.40. The quantitative estimate of drug-likeness (QED) is 0.357. The number of rotatable bonds is 8. The Bertz CT molecular complexity index is 1370. The molecule has 2 unspecified atom stereocenters. The third-order valence-corrected chi connectivity index (χ3v) is 6.20. The molecular weight excluding hydrogens is 490 g/mol. The molecular formula is C32H37N3O4. The van der Waals surface area contributed by atoms with Gasteiger partial charge < -0.3 is 20.3 Å². The number of anilines is 1. The fourth-order valence-electron chi connectivity index (χ4n) is 4.30. The number of carbonyl (C=O) groups excluding carboxylic acids is 3. The number of ether oxygens (including phenoxy) is 1. The molecule has 39 heavy (non-hydrogen) atoms. The van der Waals surface area contributed by atoms with E-state index >= 15 is 0 Å². The van der Waals surface area contributed by atoms with E-state index in [9.17, 15) is 14.4 Å². The van der Waals surface area contributed by atoms with Crippen LogP contribution in [0.1, 0.15) is 58.7 Å². The molecule has 7 nitrogen and oxygen atoms in total. The standard InChI is InChI=1S/C32H37N3O4/c1-8-22-14-16-24(17-15-22)28(29(36)33-26-19-18-23-12-10-11-13-25(23)20-26)35(9-2)30(37)27(21(3)4)34-31(38)39-32(5,6)7/h1,10-21,27-28H,9H2,2-7H3,(H,33,36)(H,34,38). The van der Waals surface area contributed by atoms with E-state index in [1.165, 1.54) is 4.90 Å². The monoisotopic (exact) mass is 527 g/mol. The van der Waals surface area contributed by atoms with Gasteiger partial charge in [0, 0.05) is 17.8 Å². The lowest BCUT2D eigenvalue weighted by Crippen LogP contribution is -2.54. The van der Waals surface area contributed by atoms with E-state index < -0.39 is 29.7 Å². The third-order valence-electron chi connectivity index (χ3n) is 6.20. The first kappa shape index (κ1) is 29.2. The van der Waals surface area contributed by atoms with Crippen LogP contribution in [0.25, 0.3) is 10.8 Å². The van der Waals surface area contributed by atoms with E-state index in [-0.39, 0.29) is 18.4 Å². The first-order valence-corrected chi connectivity index (χ1v) is 13.1. The lowest BCUT2D eigenvalue weighted by molar-refractivity contribution is -0.141. The van der Waals surface area contributed by atoms with Crippen LogP contribution in [-0.2, 0) is 14.3 Å². The van der Waals surface area contributed by atoms with Crippen molar-refractivity contribution in [3.8, 4) is 12.3 Å². The summed E-state index contributed by atoms with van der Waals surface area (Å²) in [5.41, 5.74) is 1.15. The van der Waals surface area contributed by atoms with Gasteiger partial charge in [-0.3, -0.25) is 9.59 Å². The van der Waals surface area contributed by atoms with Crippen LogP contribution < -0.4 is 10.6 Å². The van der Waals surface area contributed by atoms with Crippen molar-refractivity contribution in [2.24, 2.45) is 5.92 Å². The topological polar surface area (TPSA) is 87.7 Å². The SMILES string of the molecule is C#Cc1ccc(C(C(=O)Nc2ccc3ccccc3c2)N(CC)C(=O)C(NC(=O)OC(C)(C)C)C(C)C)cc1. The van der Waals surface area contributed by atoms with E-state index in [1.807, 2.05) is 56.3 Å². The van der Waals surface area contributed by atoms with Crippen LogP contribution in [0.4, 0.5) is 10.5 Å². The minimum Gasteiger partial charge on any atom is -0.444 e. The van der Waals surface area contributed by atoms with Crippen LogP contribution in [0.2, 0.25) is 0 Å². The summed E-state index contributed by atoms with van der Waals surface area (Å²) >= 11 is 0. The molecule has 3 aromatic carbocycles. The van der Waals surface area contributed by atoms with E-state index in [1.54, 1.807) is 52.0 Å². The molecule has 0 aliphatic carbocycles. The van der Waals surface area contributed by atoms with Gasteiger partial charge >= 0.3 is 6.09 Å². The van der Waals surface area contributed by atoms with Gasteiger partial charge in [0.15, 0.2) is 0 Å². The maximum absolute atomic E-state index is 13.9. The molecule has 0 heterocycles. The molecule has 3 aromatic rings. The van der Waals surface area contributed by atoms with Crippen LogP contribution in [0, 0.1) is 18.3 Å². The normalized spacial score (nSPS) is 12.8. The first-order chi connectivity index (χ1) is 18.4. The van der Waals surface area contributed by atoms with E-state index in [0.717, 1.165) is 10.8 Å². The van der Waals surface area contributed by atoms with Crippen molar-refractivity contribution in [2.75, 3.05) is 11.9 Å². The Hall–Kier alpha value is -4.31. The zero-order chi connectivity index (χ0) is 28.7. The summed E-state index contributed by atoms with van der Waals surface area (Å²) in [6.45, 7) is 11.0. The number of nitrogens with zero attached hydrogens (tertiary/aromatic N) is 1. The summed E-state index contributed by atoms with van der Waals surface area (Å²) in [6, 6.07) is 18.6. The molecule has 204 valence electrons. The van der Waals surface area contributed by atoms with Gasteiger partial charge in [-0.15, -0.1) is 6.42 Å². The summed E-state index contributed by atoms with van der Waals surface area (Å²) in [4.78, 5) is 41.8. The Morgan fingerprint density at radius 1 is 0.974 bits per heavy atom. The van der Waals surface area contributed by atoms with Crippen molar-refractivity contribution in [2.45, 2.75) is 59.2 Å². The molecule has 3 rings (SSSR count). The number of hydrogen-bond acceptors (Lipinski definition) is 4. The molecule has 2 N–H and O–H groups in total. The number of hydrogen-bond donors (Lipinski definition) is 2. The number of alkyl carbamates (subject to hydrolysis) is 1. The smallest absolute Gasteiger partial charge is 0.408 e. The molecule has 0 radical (unpaired) electrons. The number of likely N-dealkylation sites (N-methyl/N-ethyl adjacent to an activating group) is 1. The van der Waals surface area contributed by atoms with Gasteiger partial charge in [-0.2, -0.15) is 0 Å². The summed E-state index contributed by atoms with van der Waals surface area (Å²) in [6.07, 6.45) is 4.84. The average Bonchev–Trinajstić information content (AvgIpc) is 2.88. The largest absolute Gasteiger partial charge is 0.444 e. The highest BCUT2D eigenvalue weighted by molar-refractivity contribution is 6.00. The van der Waals surface area contributed by atoms with Gasteiger partial charge in [0.05, 0.1) is 0 Å². The minimum atomic E-state index is -0.970. The van der Waals surface area contributed by atoms with Gasteiger partial charge in [-0.25, -0.2) is 4.79 Å². The highest BCUT2D eigenvalue weighted by Gasteiger charge is 2.36. The molecule has 0 fully saturated rings. The number of terminal acetylenes is 1. The first-order valence-electron chi connectivity index (χ1n) is 13.1. The number of carbonyl (C=O) groups is 3. The molecule has 3 amide bonds. The molecule has 2 atom stereocenters. The molecule has 0 saturated carbocycles. The number of benzene rings is 3.